The molecule has 0 rings (SSSR count). The fraction of sp³-hybridized carbons (Fsp3) is 0.755. The number of aliphatic imine (C=N–C) groups is 1. The van der Waals surface area contributed by atoms with E-state index in [1.54, 1.807) is 41.5 Å². The predicted molar refractivity (Wildman–Crippen MR) is 289 cm³/mol. The third-order valence-corrected chi connectivity index (χ3v) is 12.5. The predicted octanol–water partition coefficient (Wildman–Crippen LogP) is -4.88. The third-order valence-electron chi connectivity index (χ3n) is 12.5. The second-order valence-corrected chi connectivity index (χ2v) is 20.1. The maximum Gasteiger partial charge on any atom is 0.325 e. The number of unbranched alkanes of at least 4 members (excludes halogenated alkanes) is 2. The number of rotatable bonds is 40. The molecular formula is C49H92N16O13. The van der Waals surface area contributed by atoms with Crippen molar-refractivity contribution in [2.75, 3.05) is 26.2 Å². The molecule has 0 saturated heterocycles. The number of carbonyl (C=O) groups excluding carboxylic acids is 10. The summed E-state index contributed by atoms with van der Waals surface area (Å²) in [4.78, 5) is 149. The normalized spacial score (nSPS) is 15.4. The molecule has 23 N–H and O–H groups in total. The Kier molecular flexibility index (Phi) is 34.7. The van der Waals surface area contributed by atoms with Gasteiger partial charge in [-0.05, 0) is 109 Å². The summed E-state index contributed by atoms with van der Waals surface area (Å²) in [5.74, 6) is -10.9. The lowest BCUT2D eigenvalue weighted by Crippen LogP contribution is -2.61. The number of amides is 10. The fourth-order valence-corrected chi connectivity index (χ4v) is 7.49. The average Bonchev–Trinajstić information content (AvgIpc) is 3.36. The zero-order valence-electron chi connectivity index (χ0n) is 46.6. The van der Waals surface area contributed by atoms with Gasteiger partial charge in [-0.1, -0.05) is 48.0 Å². The van der Waals surface area contributed by atoms with Gasteiger partial charge in [-0.25, -0.2) is 0 Å². The van der Waals surface area contributed by atoms with Crippen LogP contribution < -0.4 is 82.3 Å². The fourth-order valence-electron chi connectivity index (χ4n) is 7.49. The molecule has 446 valence electrons. The smallest absolute Gasteiger partial charge is 0.325 e. The third kappa shape index (κ3) is 28.1. The molecular weight excluding hydrogens is 1020 g/mol. The van der Waals surface area contributed by atoms with Crippen LogP contribution in [0.4, 0.5) is 0 Å². The molecule has 78 heavy (non-hydrogen) atoms. The van der Waals surface area contributed by atoms with Gasteiger partial charge in [-0.15, -0.1) is 0 Å². The molecule has 0 fully saturated rings. The summed E-state index contributed by atoms with van der Waals surface area (Å²) in [7, 11) is 0. The first-order chi connectivity index (χ1) is 36.5. The highest BCUT2D eigenvalue weighted by Crippen LogP contribution is 2.13. The van der Waals surface area contributed by atoms with Crippen LogP contribution in [0.1, 0.15) is 132 Å². The van der Waals surface area contributed by atoms with Gasteiger partial charge in [0.15, 0.2) is 5.96 Å². The van der Waals surface area contributed by atoms with Crippen LogP contribution in [0.5, 0.6) is 0 Å². The molecule has 0 radical (unpaired) electrons. The Labute approximate surface area is 457 Å². The van der Waals surface area contributed by atoms with Crippen molar-refractivity contribution in [3.05, 3.63) is 0 Å². The van der Waals surface area contributed by atoms with Gasteiger partial charge < -0.3 is 92.5 Å². The first-order valence-corrected chi connectivity index (χ1v) is 26.6. The van der Waals surface area contributed by atoms with Gasteiger partial charge in [0.1, 0.15) is 54.4 Å². The molecule has 29 nitrogen and oxygen atoms in total. The minimum absolute atomic E-state index is 0.0231. The Bertz CT molecular complexity index is 2010. The van der Waals surface area contributed by atoms with Gasteiger partial charge in [0.05, 0.1) is 12.6 Å². The van der Waals surface area contributed by atoms with Crippen molar-refractivity contribution in [1.82, 2.24) is 47.9 Å². The zero-order valence-corrected chi connectivity index (χ0v) is 46.6. The van der Waals surface area contributed by atoms with Gasteiger partial charge in [0, 0.05) is 13.0 Å². The standard InChI is InChI=1S/C49H92N16O13/c1-9-27(6)38(65-43(72)32(16-11-13-21-51)60-41(70)31(15-10-12-20-50)59-40(69)30(52)18-19-36(53)67)47(76)57-28(7)39(68)64-37(26(4)5)46(75)61-33(17-14-22-56-49(54)55)42(71)62-34(23-25(2)3)44(73)63-35(24-66)45(74)58-29(8)48(77)78/h25-35,37-38,66H,9-24,50-52H2,1-8H3,(H2,53,67)(H,57,76)(H,58,74)(H,59,69)(H,60,70)(H,61,75)(H,62,71)(H,63,73)(H,64,68)(H,65,72)(H,77,78)(H4,54,55,56)/t27-,28-,29-,30-,31-,32-,33-,34-,35-,37-,38-/m0/s1. The van der Waals surface area contributed by atoms with Crippen molar-refractivity contribution < 1.29 is 63.0 Å². The van der Waals surface area contributed by atoms with E-state index in [0.717, 1.165) is 0 Å². The van der Waals surface area contributed by atoms with E-state index in [-0.39, 0.29) is 69.9 Å². The maximum absolute atomic E-state index is 14.1. The van der Waals surface area contributed by atoms with Gasteiger partial charge in [0.2, 0.25) is 59.1 Å². The minimum Gasteiger partial charge on any atom is -0.480 e. The van der Waals surface area contributed by atoms with E-state index in [4.69, 9.17) is 34.4 Å². The van der Waals surface area contributed by atoms with Crippen LogP contribution in [0.15, 0.2) is 4.99 Å². The second kappa shape index (κ2) is 37.9. The van der Waals surface area contributed by atoms with Crippen molar-refractivity contribution in [1.29, 1.82) is 0 Å². The molecule has 11 atom stereocenters. The largest absolute Gasteiger partial charge is 0.480 e. The van der Waals surface area contributed by atoms with Crippen LogP contribution in [0.3, 0.4) is 0 Å². The molecule has 0 aromatic heterocycles. The monoisotopic (exact) mass is 1110 g/mol. The molecule has 0 spiro atoms. The van der Waals surface area contributed by atoms with E-state index in [2.05, 4.69) is 52.8 Å². The van der Waals surface area contributed by atoms with E-state index in [9.17, 15) is 63.0 Å². The summed E-state index contributed by atoms with van der Waals surface area (Å²) in [6.07, 6.45) is 2.30. The summed E-state index contributed by atoms with van der Waals surface area (Å²) >= 11 is 0. The van der Waals surface area contributed by atoms with Crippen molar-refractivity contribution in [2.24, 2.45) is 57.1 Å². The lowest BCUT2D eigenvalue weighted by Gasteiger charge is -2.30. The number of hydrogen-bond acceptors (Lipinski definition) is 16. The Hall–Kier alpha value is -6.72. The van der Waals surface area contributed by atoms with Crippen molar-refractivity contribution in [2.45, 2.75) is 193 Å². The van der Waals surface area contributed by atoms with E-state index < -0.39 is 144 Å². The molecule has 29 heteroatoms. The molecule has 0 aromatic carbocycles. The lowest BCUT2D eigenvalue weighted by molar-refractivity contribution is -0.142. The lowest BCUT2D eigenvalue weighted by atomic mass is 9.96. The number of guanidine groups is 1. The van der Waals surface area contributed by atoms with Crippen LogP contribution >= 0.6 is 0 Å². The molecule has 10 amide bonds. The van der Waals surface area contributed by atoms with Crippen molar-refractivity contribution in [3.8, 4) is 0 Å². The molecule has 0 aliphatic heterocycles. The van der Waals surface area contributed by atoms with Crippen LogP contribution in [0, 0.1) is 17.8 Å². The van der Waals surface area contributed by atoms with E-state index >= 15 is 0 Å². The molecule has 0 aromatic rings. The number of carboxylic acid groups (broad SMARTS) is 1. The molecule has 0 saturated carbocycles. The molecule has 0 aliphatic rings. The molecule has 0 bridgehead atoms. The van der Waals surface area contributed by atoms with Gasteiger partial charge in [-0.2, -0.15) is 0 Å². The summed E-state index contributed by atoms with van der Waals surface area (Å²) in [6.45, 7) is 12.5. The minimum atomic E-state index is -1.58. The second-order valence-electron chi connectivity index (χ2n) is 20.1. The number of hydrogen-bond donors (Lipinski definition) is 17. The number of aliphatic hydroxyl groups excluding tert-OH is 1. The number of aliphatic carboxylic acids is 1. The highest BCUT2D eigenvalue weighted by atomic mass is 16.4. The summed E-state index contributed by atoms with van der Waals surface area (Å²) in [5, 5.41) is 42.0. The van der Waals surface area contributed by atoms with Gasteiger partial charge >= 0.3 is 5.97 Å². The highest BCUT2D eigenvalue weighted by molar-refractivity contribution is 5.98. The Morgan fingerprint density at radius 1 is 0.487 bits per heavy atom. The number of nitrogens with two attached hydrogens (primary N) is 6. The summed E-state index contributed by atoms with van der Waals surface area (Å²) in [5.41, 5.74) is 33.5. The number of carboxylic acids is 1. The Balaban J connectivity index is 6.53. The number of aliphatic hydroxyl groups is 1. The average molecular weight is 1110 g/mol. The van der Waals surface area contributed by atoms with Crippen LogP contribution in [-0.2, 0) is 52.7 Å². The van der Waals surface area contributed by atoms with Crippen LogP contribution in [0.2, 0.25) is 0 Å². The molecule has 0 aliphatic carbocycles. The topological polar surface area (TPSA) is 505 Å². The summed E-state index contributed by atoms with van der Waals surface area (Å²) in [6, 6.07) is -13.0. The molecule has 0 unspecified atom stereocenters. The van der Waals surface area contributed by atoms with Crippen molar-refractivity contribution in [3.63, 3.8) is 0 Å². The van der Waals surface area contributed by atoms with Gasteiger partial charge in [-0.3, -0.25) is 57.7 Å². The highest BCUT2D eigenvalue weighted by Gasteiger charge is 2.36. The number of primary amides is 1. The van der Waals surface area contributed by atoms with E-state index in [1.807, 2.05) is 0 Å². The number of carbonyl (C=O) groups is 11. The number of nitrogens with one attached hydrogen (secondary N) is 9. The van der Waals surface area contributed by atoms with E-state index in [0.29, 0.717) is 38.6 Å². The first kappa shape index (κ1) is 71.3. The van der Waals surface area contributed by atoms with Crippen LogP contribution in [-0.4, -0.2) is 168 Å². The zero-order chi connectivity index (χ0) is 59.8. The first-order valence-electron chi connectivity index (χ1n) is 26.6. The maximum atomic E-state index is 14.1. The van der Waals surface area contributed by atoms with Crippen LogP contribution in [0.25, 0.3) is 0 Å². The summed E-state index contributed by atoms with van der Waals surface area (Å²) < 4.78 is 0. The van der Waals surface area contributed by atoms with Gasteiger partial charge in [0.25, 0.3) is 0 Å². The quantitative estimate of drug-likeness (QED) is 0.0155. The number of nitrogens with zero attached hydrogens (tertiary/aromatic N) is 1. The Morgan fingerprint density at radius 2 is 0.910 bits per heavy atom. The van der Waals surface area contributed by atoms with Crippen molar-refractivity contribution >= 4 is 71.0 Å². The molecule has 0 heterocycles. The van der Waals surface area contributed by atoms with E-state index in [1.165, 1.54) is 13.8 Å². The Morgan fingerprint density at radius 3 is 1.37 bits per heavy atom. The SMILES string of the molecule is CC[C@H](C)[C@H](NC(=O)[C@H](CCCCN)NC(=O)[C@H](CCCCN)NC(=O)[C@@H](N)CCC(N)=O)C(=O)N[C@@H](C)C(=O)N[C@H](C(=O)N[C@@H](CCCN=C(N)N)C(=O)N[C@@H](CC(C)C)C(=O)N[C@@H](CO)C(=O)N[C@@H](C)C(=O)O)C(C)C.